The number of carbonyl (C=O) groups excluding carboxylic acids is 2. The second-order valence-electron chi connectivity index (χ2n) is 6.99. The lowest BCUT2D eigenvalue weighted by Gasteiger charge is -2.04. The van der Waals surface area contributed by atoms with Gasteiger partial charge in [0, 0.05) is 23.9 Å². The minimum absolute atomic E-state index is 0.0637. The Hall–Kier alpha value is -3.61. The minimum Gasteiger partial charge on any atom is -0.351 e. The zero-order valence-electron chi connectivity index (χ0n) is 16.0. The molecule has 7 heteroatoms. The molecular weight excluding hydrogens is 366 g/mol. The van der Waals surface area contributed by atoms with Crippen LogP contribution < -0.4 is 10.6 Å². The maximum Gasteiger partial charge on any atom is 0.267 e. The largest absolute Gasteiger partial charge is 0.351 e. The van der Waals surface area contributed by atoms with Crippen LogP contribution in [0.2, 0.25) is 0 Å². The van der Waals surface area contributed by atoms with Crippen LogP contribution in [0.25, 0.3) is 21.9 Å². The molecule has 0 aliphatic heterocycles. The molecule has 4 aromatic rings. The van der Waals surface area contributed by atoms with Crippen molar-refractivity contribution in [1.82, 2.24) is 20.3 Å². The molecule has 0 unspecified atom stereocenters. The van der Waals surface area contributed by atoms with E-state index in [-0.39, 0.29) is 11.8 Å². The Morgan fingerprint density at radius 1 is 0.897 bits per heavy atom. The Balaban J connectivity index is 1.14. The Morgan fingerprint density at radius 2 is 1.69 bits per heavy atom. The Bertz CT molecular complexity index is 1080. The molecule has 0 saturated carbocycles. The summed E-state index contributed by atoms with van der Waals surface area (Å²) in [4.78, 5) is 34.8. The molecule has 2 aromatic carbocycles. The number of carbonyl (C=O) groups is 2. The molecule has 0 fully saturated rings. The van der Waals surface area contributed by atoms with Crippen LogP contribution >= 0.6 is 0 Å². The van der Waals surface area contributed by atoms with Gasteiger partial charge in [0.05, 0.1) is 11.0 Å². The van der Waals surface area contributed by atoms with E-state index in [0.29, 0.717) is 24.6 Å². The Labute approximate surface area is 167 Å². The van der Waals surface area contributed by atoms with Crippen molar-refractivity contribution in [3.63, 3.8) is 0 Å². The summed E-state index contributed by atoms with van der Waals surface area (Å²) in [5, 5.41) is 6.73. The zero-order chi connectivity index (χ0) is 20.1. The van der Waals surface area contributed by atoms with Crippen molar-refractivity contribution in [3.05, 3.63) is 60.3 Å². The first-order valence-corrected chi connectivity index (χ1v) is 9.79. The predicted molar refractivity (Wildman–Crippen MR) is 114 cm³/mol. The number of anilines is 1. The number of nitrogens with zero attached hydrogens (tertiary/aromatic N) is 1. The van der Waals surface area contributed by atoms with Gasteiger partial charge in [0.2, 0.25) is 11.9 Å². The number of para-hydroxylation sites is 3. The van der Waals surface area contributed by atoms with Crippen LogP contribution in [0.15, 0.2) is 54.6 Å². The standard InChI is InChI=1S/C22H23N5O2/c28-20(27-22-25-17-10-5-6-11-18(17)26-22)12-2-1-7-13-23-21(29)19-14-15-8-3-4-9-16(15)24-19/h3-6,8-11,14,24H,1-2,7,12-13H2,(H,23,29)(H2,25,26,27,28). The third-order valence-electron chi connectivity index (χ3n) is 4.79. The summed E-state index contributed by atoms with van der Waals surface area (Å²) in [6.45, 7) is 0.583. The van der Waals surface area contributed by atoms with Crippen molar-refractivity contribution in [2.45, 2.75) is 25.7 Å². The van der Waals surface area contributed by atoms with Crippen LogP contribution in [0.5, 0.6) is 0 Å². The quantitative estimate of drug-likeness (QED) is 0.343. The number of fused-ring (bicyclic) bond motifs is 2. The van der Waals surface area contributed by atoms with Crippen LogP contribution in [0.3, 0.4) is 0 Å². The molecule has 2 amide bonds. The molecule has 0 bridgehead atoms. The number of unbranched alkanes of at least 4 members (excludes halogenated alkanes) is 2. The van der Waals surface area contributed by atoms with Gasteiger partial charge in [-0.1, -0.05) is 36.8 Å². The van der Waals surface area contributed by atoms with Crippen molar-refractivity contribution >= 4 is 39.7 Å². The number of imidazole rings is 1. The molecule has 7 nitrogen and oxygen atoms in total. The summed E-state index contributed by atoms with van der Waals surface area (Å²) in [5.74, 6) is 0.303. The molecule has 0 atom stereocenters. The lowest BCUT2D eigenvalue weighted by molar-refractivity contribution is -0.116. The van der Waals surface area contributed by atoms with Gasteiger partial charge in [-0.15, -0.1) is 0 Å². The molecule has 148 valence electrons. The summed E-state index contributed by atoms with van der Waals surface area (Å²) in [6, 6.07) is 17.3. The zero-order valence-corrected chi connectivity index (χ0v) is 16.0. The van der Waals surface area contributed by atoms with Gasteiger partial charge < -0.3 is 15.3 Å². The number of aromatic nitrogens is 3. The number of nitrogens with one attached hydrogen (secondary N) is 4. The topological polar surface area (TPSA) is 103 Å². The van der Waals surface area contributed by atoms with Gasteiger partial charge in [-0.3, -0.25) is 14.9 Å². The average Bonchev–Trinajstić information content (AvgIpc) is 3.33. The fraction of sp³-hybridized carbons (Fsp3) is 0.227. The van der Waals surface area contributed by atoms with E-state index >= 15 is 0 Å². The molecular formula is C22H23N5O2. The summed E-state index contributed by atoms with van der Waals surface area (Å²) in [6.07, 6.45) is 2.87. The molecule has 29 heavy (non-hydrogen) atoms. The minimum atomic E-state index is -0.108. The maximum atomic E-state index is 12.2. The van der Waals surface area contributed by atoms with Gasteiger partial charge in [-0.05, 0) is 37.1 Å². The molecule has 0 aliphatic rings. The number of aromatic amines is 2. The Kier molecular flexibility index (Phi) is 5.56. The van der Waals surface area contributed by atoms with Crippen LogP contribution in [-0.2, 0) is 4.79 Å². The van der Waals surface area contributed by atoms with Crippen LogP contribution in [0.4, 0.5) is 5.95 Å². The molecule has 2 aromatic heterocycles. The molecule has 0 radical (unpaired) electrons. The van der Waals surface area contributed by atoms with E-state index < -0.39 is 0 Å². The first-order valence-electron chi connectivity index (χ1n) is 9.79. The highest BCUT2D eigenvalue weighted by molar-refractivity contribution is 5.98. The molecule has 0 aliphatic carbocycles. The number of benzene rings is 2. The second kappa shape index (κ2) is 8.60. The summed E-state index contributed by atoms with van der Waals surface area (Å²) in [7, 11) is 0. The van der Waals surface area contributed by atoms with Crippen molar-refractivity contribution in [1.29, 1.82) is 0 Å². The fourth-order valence-corrected chi connectivity index (χ4v) is 3.29. The van der Waals surface area contributed by atoms with Crippen LogP contribution in [0.1, 0.15) is 36.2 Å². The van der Waals surface area contributed by atoms with E-state index in [2.05, 4.69) is 25.6 Å². The highest BCUT2D eigenvalue weighted by Gasteiger charge is 2.09. The normalized spacial score (nSPS) is 11.0. The molecule has 0 spiro atoms. The van der Waals surface area contributed by atoms with E-state index in [1.165, 1.54) is 0 Å². The van der Waals surface area contributed by atoms with E-state index in [9.17, 15) is 9.59 Å². The number of hydrogen-bond acceptors (Lipinski definition) is 3. The van der Waals surface area contributed by atoms with E-state index in [0.717, 1.165) is 41.2 Å². The van der Waals surface area contributed by atoms with Gasteiger partial charge in [0.25, 0.3) is 5.91 Å². The van der Waals surface area contributed by atoms with Crippen LogP contribution in [0, 0.1) is 0 Å². The van der Waals surface area contributed by atoms with Gasteiger partial charge in [0.15, 0.2) is 0 Å². The number of H-pyrrole nitrogens is 2. The van der Waals surface area contributed by atoms with Crippen LogP contribution in [-0.4, -0.2) is 33.3 Å². The van der Waals surface area contributed by atoms with E-state index in [1.54, 1.807) is 0 Å². The molecule has 4 rings (SSSR count). The molecule has 2 heterocycles. The summed E-state index contributed by atoms with van der Waals surface area (Å²) in [5.41, 5.74) is 3.24. The van der Waals surface area contributed by atoms with Crippen molar-refractivity contribution in [3.8, 4) is 0 Å². The lowest BCUT2D eigenvalue weighted by atomic mass is 10.2. The molecule has 0 saturated heterocycles. The predicted octanol–water partition coefficient (Wildman–Crippen LogP) is 3.97. The highest BCUT2D eigenvalue weighted by atomic mass is 16.2. The maximum absolute atomic E-state index is 12.2. The summed E-state index contributed by atoms with van der Waals surface area (Å²) >= 11 is 0. The smallest absolute Gasteiger partial charge is 0.267 e. The molecule has 4 N–H and O–H groups in total. The SMILES string of the molecule is O=C(CCCCCNC(=O)c1cc2ccccc2[nH]1)Nc1nc2ccccc2[nH]1. The monoisotopic (exact) mass is 389 g/mol. The second-order valence-corrected chi connectivity index (χ2v) is 6.99. The van der Waals surface area contributed by atoms with Gasteiger partial charge >= 0.3 is 0 Å². The number of hydrogen-bond donors (Lipinski definition) is 4. The first-order chi connectivity index (χ1) is 14.2. The number of rotatable bonds is 8. The van der Waals surface area contributed by atoms with Gasteiger partial charge in [0.1, 0.15) is 5.69 Å². The van der Waals surface area contributed by atoms with Gasteiger partial charge in [-0.25, -0.2) is 4.98 Å². The van der Waals surface area contributed by atoms with Crippen molar-refractivity contribution < 1.29 is 9.59 Å². The number of amides is 2. The van der Waals surface area contributed by atoms with Gasteiger partial charge in [-0.2, -0.15) is 0 Å². The van der Waals surface area contributed by atoms with E-state index in [4.69, 9.17) is 0 Å². The fourth-order valence-electron chi connectivity index (χ4n) is 3.29. The van der Waals surface area contributed by atoms with E-state index in [1.807, 2.05) is 54.6 Å². The third-order valence-corrected chi connectivity index (χ3v) is 4.79. The first kappa shape index (κ1) is 18.7. The average molecular weight is 389 g/mol. The van der Waals surface area contributed by atoms with Crippen molar-refractivity contribution in [2.75, 3.05) is 11.9 Å². The summed E-state index contributed by atoms with van der Waals surface area (Å²) < 4.78 is 0. The Morgan fingerprint density at radius 3 is 2.52 bits per heavy atom. The highest BCUT2D eigenvalue weighted by Crippen LogP contribution is 2.15. The van der Waals surface area contributed by atoms with Crippen molar-refractivity contribution in [2.24, 2.45) is 0 Å². The lowest BCUT2D eigenvalue weighted by Crippen LogP contribution is -2.24. The third kappa shape index (κ3) is 4.63.